The number of carbonyl (C=O) groups is 1. The predicted molar refractivity (Wildman–Crippen MR) is 102 cm³/mol. The first-order chi connectivity index (χ1) is 12.4. The van der Waals surface area contributed by atoms with Gasteiger partial charge in [-0.25, -0.2) is 0 Å². The highest BCUT2D eigenvalue weighted by molar-refractivity contribution is 6.01. The van der Waals surface area contributed by atoms with Gasteiger partial charge in [-0.05, 0) is 24.6 Å². The number of hydrogen-bond acceptors (Lipinski definition) is 5. The van der Waals surface area contributed by atoms with Crippen LogP contribution in [-0.2, 0) is 0 Å². The number of para-hydroxylation sites is 1. The minimum Gasteiger partial charge on any atom is -0.372 e. The van der Waals surface area contributed by atoms with Gasteiger partial charge in [0.25, 0.3) is 11.6 Å². The minimum absolute atomic E-state index is 0.0251. The van der Waals surface area contributed by atoms with Crippen LogP contribution in [0.5, 0.6) is 0 Å². The first kappa shape index (κ1) is 17.7. The molecular formula is C19H22N4O3. The molecule has 0 aliphatic carbocycles. The van der Waals surface area contributed by atoms with E-state index in [0.29, 0.717) is 23.4 Å². The smallest absolute Gasteiger partial charge is 0.292 e. The molecule has 0 saturated heterocycles. The van der Waals surface area contributed by atoms with Crippen LogP contribution < -0.4 is 10.2 Å². The number of anilines is 2. The fourth-order valence-corrected chi connectivity index (χ4v) is 3.26. The molecule has 0 unspecified atom stereocenters. The Bertz CT molecular complexity index is 850. The largest absolute Gasteiger partial charge is 0.372 e. The monoisotopic (exact) mass is 354 g/mol. The Morgan fingerprint density at radius 1 is 1.23 bits per heavy atom. The van der Waals surface area contributed by atoms with Crippen molar-refractivity contribution in [2.45, 2.75) is 19.5 Å². The summed E-state index contributed by atoms with van der Waals surface area (Å²) in [5.41, 5.74) is 2.62. The number of nitrogens with zero attached hydrogens (tertiary/aromatic N) is 3. The molecule has 7 nitrogen and oxygen atoms in total. The average molecular weight is 354 g/mol. The summed E-state index contributed by atoms with van der Waals surface area (Å²) in [6.07, 6.45) is 0.358. The Morgan fingerprint density at radius 3 is 2.62 bits per heavy atom. The summed E-state index contributed by atoms with van der Waals surface area (Å²) in [6.45, 7) is 2.57. The van der Waals surface area contributed by atoms with Crippen LogP contribution in [0.1, 0.15) is 35.4 Å². The molecule has 0 spiro atoms. The predicted octanol–water partition coefficient (Wildman–Crippen LogP) is 3.64. The Morgan fingerprint density at radius 2 is 1.96 bits per heavy atom. The fourth-order valence-electron chi connectivity index (χ4n) is 3.26. The van der Waals surface area contributed by atoms with E-state index < -0.39 is 6.17 Å². The maximum atomic E-state index is 12.9. The van der Waals surface area contributed by atoms with Crippen molar-refractivity contribution in [3.8, 4) is 0 Å². The van der Waals surface area contributed by atoms with Crippen molar-refractivity contribution in [1.29, 1.82) is 0 Å². The number of rotatable bonds is 5. The van der Waals surface area contributed by atoms with E-state index in [1.807, 2.05) is 31.2 Å². The van der Waals surface area contributed by atoms with Crippen molar-refractivity contribution in [2.75, 3.05) is 30.9 Å². The van der Waals surface area contributed by atoms with E-state index in [1.54, 1.807) is 42.1 Å². The van der Waals surface area contributed by atoms with Crippen LogP contribution in [-0.4, -0.2) is 36.4 Å². The van der Waals surface area contributed by atoms with E-state index in [4.69, 9.17) is 0 Å². The lowest BCUT2D eigenvalue weighted by atomic mass is 10.0. The third-order valence-corrected chi connectivity index (χ3v) is 4.48. The van der Waals surface area contributed by atoms with Crippen LogP contribution >= 0.6 is 0 Å². The molecule has 0 fully saturated rings. The number of benzene rings is 2. The standard InChI is InChI=1S/C19H22N4O3/c1-4-11-22-18(20-15-8-6-5-7-14(15)19(22)24)13-9-10-16(21(2)3)17(12-13)23(25)26/h5-10,12,18,20H,4,11H2,1-3H3/t18-/m0/s1. The van der Waals surface area contributed by atoms with Gasteiger partial charge in [0.2, 0.25) is 0 Å². The van der Waals surface area contributed by atoms with Crippen LogP contribution in [0.15, 0.2) is 42.5 Å². The molecule has 1 aliphatic heterocycles. The number of nitrogens with one attached hydrogen (secondary N) is 1. The van der Waals surface area contributed by atoms with Gasteiger partial charge in [0.05, 0.1) is 10.5 Å². The number of fused-ring (bicyclic) bond motifs is 1. The fraction of sp³-hybridized carbons (Fsp3) is 0.316. The number of carbonyl (C=O) groups excluding carboxylic acids is 1. The maximum absolute atomic E-state index is 12.9. The number of amides is 1. The Labute approximate surface area is 152 Å². The Balaban J connectivity index is 2.08. The molecule has 1 aliphatic rings. The van der Waals surface area contributed by atoms with Crippen molar-refractivity contribution in [3.05, 3.63) is 63.7 Å². The van der Waals surface area contributed by atoms with Crippen molar-refractivity contribution < 1.29 is 9.72 Å². The second-order valence-corrected chi connectivity index (χ2v) is 6.49. The average Bonchev–Trinajstić information content (AvgIpc) is 2.63. The molecule has 1 atom stereocenters. The van der Waals surface area contributed by atoms with Crippen molar-refractivity contribution in [2.24, 2.45) is 0 Å². The molecule has 0 radical (unpaired) electrons. The van der Waals surface area contributed by atoms with E-state index in [2.05, 4.69) is 5.32 Å². The first-order valence-corrected chi connectivity index (χ1v) is 8.56. The molecular weight excluding hydrogens is 332 g/mol. The van der Waals surface area contributed by atoms with Crippen LogP contribution in [0.25, 0.3) is 0 Å². The Hall–Kier alpha value is -3.09. The lowest BCUT2D eigenvalue weighted by Gasteiger charge is -2.38. The van der Waals surface area contributed by atoms with Crippen molar-refractivity contribution in [3.63, 3.8) is 0 Å². The molecule has 1 heterocycles. The molecule has 3 rings (SSSR count). The summed E-state index contributed by atoms with van der Waals surface area (Å²) in [7, 11) is 3.54. The third kappa shape index (κ3) is 3.08. The second kappa shape index (κ2) is 7.03. The zero-order chi connectivity index (χ0) is 18.8. The van der Waals surface area contributed by atoms with Gasteiger partial charge in [0.1, 0.15) is 11.9 Å². The summed E-state index contributed by atoms with van der Waals surface area (Å²) in [5.74, 6) is -0.0643. The van der Waals surface area contributed by atoms with Gasteiger partial charge >= 0.3 is 0 Å². The molecule has 7 heteroatoms. The first-order valence-electron chi connectivity index (χ1n) is 8.56. The van der Waals surface area contributed by atoms with Gasteiger partial charge in [-0.2, -0.15) is 0 Å². The van der Waals surface area contributed by atoms with Crippen LogP contribution in [0.2, 0.25) is 0 Å². The quantitative estimate of drug-likeness (QED) is 0.655. The zero-order valence-electron chi connectivity index (χ0n) is 15.1. The lowest BCUT2D eigenvalue weighted by molar-refractivity contribution is -0.384. The van der Waals surface area contributed by atoms with E-state index in [-0.39, 0.29) is 16.5 Å². The summed E-state index contributed by atoms with van der Waals surface area (Å²) >= 11 is 0. The molecule has 0 saturated carbocycles. The molecule has 1 amide bonds. The van der Waals surface area contributed by atoms with E-state index in [9.17, 15) is 14.9 Å². The van der Waals surface area contributed by atoms with E-state index in [0.717, 1.165) is 12.1 Å². The molecule has 136 valence electrons. The Kier molecular flexibility index (Phi) is 4.79. The maximum Gasteiger partial charge on any atom is 0.292 e. The van der Waals surface area contributed by atoms with E-state index in [1.165, 1.54) is 0 Å². The van der Waals surface area contributed by atoms with Crippen LogP contribution in [0.4, 0.5) is 17.1 Å². The van der Waals surface area contributed by atoms with Crippen LogP contribution in [0, 0.1) is 10.1 Å². The highest BCUT2D eigenvalue weighted by Crippen LogP contribution is 2.36. The SMILES string of the molecule is CCCN1C(=O)c2ccccc2N[C@@H]1c1ccc(N(C)C)c([N+](=O)[O-])c1. The van der Waals surface area contributed by atoms with Crippen LogP contribution in [0.3, 0.4) is 0 Å². The van der Waals surface area contributed by atoms with Gasteiger partial charge in [-0.3, -0.25) is 14.9 Å². The zero-order valence-corrected chi connectivity index (χ0v) is 15.1. The highest BCUT2D eigenvalue weighted by Gasteiger charge is 2.33. The van der Waals surface area contributed by atoms with Gasteiger partial charge in [0.15, 0.2) is 0 Å². The van der Waals surface area contributed by atoms with Gasteiger partial charge in [-0.15, -0.1) is 0 Å². The second-order valence-electron chi connectivity index (χ2n) is 6.49. The molecule has 2 aromatic carbocycles. The molecule has 26 heavy (non-hydrogen) atoms. The number of nitro benzene ring substituents is 1. The van der Waals surface area contributed by atoms with Crippen molar-refractivity contribution >= 4 is 23.0 Å². The van der Waals surface area contributed by atoms with Gasteiger partial charge in [-0.1, -0.05) is 25.1 Å². The third-order valence-electron chi connectivity index (χ3n) is 4.48. The molecule has 0 aromatic heterocycles. The van der Waals surface area contributed by atoms with E-state index >= 15 is 0 Å². The number of hydrogen-bond donors (Lipinski definition) is 1. The summed E-state index contributed by atoms with van der Waals surface area (Å²) in [6, 6.07) is 12.5. The normalized spacial score (nSPS) is 16.0. The summed E-state index contributed by atoms with van der Waals surface area (Å²) in [5, 5.41) is 14.9. The molecule has 1 N–H and O–H groups in total. The molecule has 0 bridgehead atoms. The lowest BCUT2D eigenvalue weighted by Crippen LogP contribution is -2.43. The topological polar surface area (TPSA) is 78.7 Å². The highest BCUT2D eigenvalue weighted by atomic mass is 16.6. The van der Waals surface area contributed by atoms with Crippen molar-refractivity contribution in [1.82, 2.24) is 4.90 Å². The number of nitro groups is 1. The minimum atomic E-state index is -0.438. The van der Waals surface area contributed by atoms with Gasteiger partial charge in [0, 0.05) is 38.0 Å². The summed E-state index contributed by atoms with van der Waals surface area (Å²) < 4.78 is 0. The summed E-state index contributed by atoms with van der Waals surface area (Å²) in [4.78, 5) is 27.5. The van der Waals surface area contributed by atoms with Gasteiger partial charge < -0.3 is 15.1 Å². The molecule has 2 aromatic rings.